The van der Waals surface area contributed by atoms with Crippen LogP contribution in [-0.4, -0.2) is 103 Å². The highest BCUT2D eigenvalue weighted by Gasteiger charge is 2.43. The van der Waals surface area contributed by atoms with Crippen molar-refractivity contribution in [3.63, 3.8) is 0 Å². The standard InChI is InChI=1S/C32H49N7O6S/c1-20(40)33-27-35-24(25(46-27)19-37-17-16-22(18-37)26(41)36(8)9)15-12-21-10-13-23(14-11-21)34-28(38(29(42)43)31(2,3)4)39(30(44)45)32(5,6)7/h10-11,13-14,22,28,34H,12,15-19H2,1-9H3,(H,42,43)(H,44,45)(H,33,35,40)/t22-/m1/s1. The van der Waals surface area contributed by atoms with Crippen molar-refractivity contribution in [2.24, 2.45) is 5.92 Å². The van der Waals surface area contributed by atoms with Crippen molar-refractivity contribution < 1.29 is 29.4 Å². The van der Waals surface area contributed by atoms with E-state index in [1.165, 1.54) is 18.3 Å². The summed E-state index contributed by atoms with van der Waals surface area (Å²) in [6, 6.07) is 7.46. The van der Waals surface area contributed by atoms with Gasteiger partial charge in [0.2, 0.25) is 11.8 Å². The molecule has 1 atom stereocenters. The van der Waals surface area contributed by atoms with E-state index in [1.807, 2.05) is 24.3 Å². The molecule has 1 fully saturated rings. The molecule has 4 amide bonds. The molecule has 1 aromatic carbocycles. The first-order valence-electron chi connectivity index (χ1n) is 15.4. The average Bonchev–Trinajstić information content (AvgIpc) is 3.52. The molecule has 254 valence electrons. The summed E-state index contributed by atoms with van der Waals surface area (Å²) in [4.78, 5) is 60.9. The molecule has 1 aliphatic rings. The topological polar surface area (TPSA) is 159 Å². The SMILES string of the molecule is CC(=O)Nc1nc(CCc2ccc(NC(N(C(=O)O)C(C)(C)C)N(C(=O)O)C(C)(C)C)cc2)c(CN2CC[C@@H](C(=O)N(C)C)C2)s1. The zero-order valence-corrected chi connectivity index (χ0v) is 29.2. The van der Waals surface area contributed by atoms with E-state index in [9.17, 15) is 29.4 Å². The molecule has 0 radical (unpaired) electrons. The van der Waals surface area contributed by atoms with Gasteiger partial charge >= 0.3 is 12.2 Å². The summed E-state index contributed by atoms with van der Waals surface area (Å²) in [7, 11) is 3.56. The van der Waals surface area contributed by atoms with Crippen LogP contribution in [0.5, 0.6) is 0 Å². The maximum Gasteiger partial charge on any atom is 0.410 e. The molecule has 0 saturated carbocycles. The number of carbonyl (C=O) groups is 4. The number of nitrogens with one attached hydrogen (secondary N) is 2. The quantitative estimate of drug-likeness (QED) is 0.242. The number of rotatable bonds is 11. The van der Waals surface area contributed by atoms with Crippen LogP contribution in [-0.2, 0) is 29.0 Å². The molecule has 0 spiro atoms. The fourth-order valence-corrected chi connectivity index (χ4v) is 6.69. The number of carbonyl (C=O) groups excluding carboxylic acids is 2. The average molecular weight is 660 g/mol. The highest BCUT2D eigenvalue weighted by atomic mass is 32.1. The Morgan fingerprint density at radius 3 is 2.02 bits per heavy atom. The van der Waals surface area contributed by atoms with Crippen molar-refractivity contribution in [2.75, 3.05) is 37.8 Å². The molecule has 4 N–H and O–H groups in total. The minimum atomic E-state index is -1.25. The van der Waals surface area contributed by atoms with E-state index in [-0.39, 0.29) is 17.7 Å². The summed E-state index contributed by atoms with van der Waals surface area (Å²) < 4.78 is 0. The van der Waals surface area contributed by atoms with Crippen molar-refractivity contribution in [1.29, 1.82) is 0 Å². The number of carboxylic acid groups (broad SMARTS) is 2. The van der Waals surface area contributed by atoms with Crippen LogP contribution in [0.25, 0.3) is 0 Å². The summed E-state index contributed by atoms with van der Waals surface area (Å²) in [5, 5.41) is 26.7. The predicted molar refractivity (Wildman–Crippen MR) is 179 cm³/mol. The van der Waals surface area contributed by atoms with Gasteiger partial charge in [-0.1, -0.05) is 12.1 Å². The lowest BCUT2D eigenvalue weighted by Crippen LogP contribution is -2.66. The summed E-state index contributed by atoms with van der Waals surface area (Å²) in [5.41, 5.74) is 0.668. The highest BCUT2D eigenvalue weighted by molar-refractivity contribution is 7.15. The lowest BCUT2D eigenvalue weighted by molar-refractivity contribution is -0.132. The molecule has 1 saturated heterocycles. The van der Waals surface area contributed by atoms with Gasteiger partial charge in [-0.25, -0.2) is 14.6 Å². The van der Waals surface area contributed by atoms with E-state index < -0.39 is 29.6 Å². The first kappa shape index (κ1) is 36.6. The van der Waals surface area contributed by atoms with Gasteiger partial charge in [-0.15, -0.1) is 11.3 Å². The van der Waals surface area contributed by atoms with E-state index in [0.717, 1.165) is 38.9 Å². The zero-order chi connectivity index (χ0) is 34.6. The summed E-state index contributed by atoms with van der Waals surface area (Å²) in [6.45, 7) is 13.9. The third kappa shape index (κ3) is 9.55. The van der Waals surface area contributed by atoms with Crippen LogP contribution in [0.3, 0.4) is 0 Å². The largest absolute Gasteiger partial charge is 0.465 e. The minimum absolute atomic E-state index is 0.0233. The molecule has 2 heterocycles. The highest BCUT2D eigenvalue weighted by Crippen LogP contribution is 2.30. The molecule has 14 heteroatoms. The second kappa shape index (κ2) is 14.7. The van der Waals surface area contributed by atoms with E-state index in [2.05, 4.69) is 15.5 Å². The molecule has 13 nitrogen and oxygen atoms in total. The maximum atomic E-state index is 12.5. The van der Waals surface area contributed by atoms with E-state index >= 15 is 0 Å². The Kier molecular flexibility index (Phi) is 11.7. The number of aromatic nitrogens is 1. The van der Waals surface area contributed by atoms with E-state index in [1.54, 1.807) is 60.5 Å². The van der Waals surface area contributed by atoms with Gasteiger partial charge in [-0.05, 0) is 85.0 Å². The van der Waals surface area contributed by atoms with Gasteiger partial charge in [-0.3, -0.25) is 24.3 Å². The number of benzene rings is 1. The Bertz CT molecular complexity index is 1370. The van der Waals surface area contributed by atoms with Crippen LogP contribution < -0.4 is 10.6 Å². The monoisotopic (exact) mass is 659 g/mol. The van der Waals surface area contributed by atoms with Crippen LogP contribution in [0, 0.1) is 5.92 Å². The Balaban J connectivity index is 1.79. The van der Waals surface area contributed by atoms with Crippen LogP contribution in [0.1, 0.15) is 71.0 Å². The number of hydrogen-bond acceptors (Lipinski definition) is 8. The second-order valence-corrected chi connectivity index (χ2v) is 15.0. The van der Waals surface area contributed by atoms with Gasteiger partial charge in [0, 0.05) is 55.8 Å². The van der Waals surface area contributed by atoms with Crippen molar-refractivity contribution in [2.45, 2.75) is 91.6 Å². The second-order valence-electron chi connectivity index (χ2n) is 13.9. The van der Waals surface area contributed by atoms with Crippen LogP contribution >= 0.6 is 11.3 Å². The van der Waals surface area contributed by atoms with Gasteiger partial charge in [0.05, 0.1) is 11.6 Å². The number of likely N-dealkylation sites (tertiary alicyclic amines) is 1. The Morgan fingerprint density at radius 2 is 1.54 bits per heavy atom. The molecular formula is C32H49N7O6S. The van der Waals surface area contributed by atoms with Crippen molar-refractivity contribution >= 4 is 46.2 Å². The number of aryl methyl sites for hydroxylation is 2. The minimum Gasteiger partial charge on any atom is -0.465 e. The number of thiazole rings is 1. The Morgan fingerprint density at radius 1 is 0.978 bits per heavy atom. The fraction of sp³-hybridized carbons (Fsp3) is 0.594. The van der Waals surface area contributed by atoms with E-state index in [4.69, 9.17) is 4.98 Å². The van der Waals surface area contributed by atoms with Gasteiger partial charge < -0.3 is 25.7 Å². The van der Waals surface area contributed by atoms with Crippen LogP contribution in [0.15, 0.2) is 24.3 Å². The maximum absolute atomic E-state index is 12.5. The number of amides is 4. The van der Waals surface area contributed by atoms with E-state index in [0.29, 0.717) is 36.8 Å². The molecule has 0 unspecified atom stereocenters. The first-order valence-corrected chi connectivity index (χ1v) is 16.2. The molecule has 0 aliphatic carbocycles. The smallest absolute Gasteiger partial charge is 0.410 e. The first-order chi connectivity index (χ1) is 21.3. The third-order valence-corrected chi connectivity index (χ3v) is 8.74. The van der Waals surface area contributed by atoms with Gasteiger partial charge in [-0.2, -0.15) is 0 Å². The third-order valence-electron chi connectivity index (χ3n) is 7.74. The normalized spacial score (nSPS) is 15.5. The number of anilines is 2. The van der Waals surface area contributed by atoms with Crippen LogP contribution in [0.4, 0.5) is 20.4 Å². The number of nitrogens with zero attached hydrogens (tertiary/aromatic N) is 5. The summed E-state index contributed by atoms with van der Waals surface area (Å²) in [6.07, 6.45) is -1.59. The summed E-state index contributed by atoms with van der Waals surface area (Å²) >= 11 is 1.45. The molecule has 0 bridgehead atoms. The lowest BCUT2D eigenvalue weighted by atomic mass is 10.0. The van der Waals surface area contributed by atoms with Gasteiger partial charge in [0.25, 0.3) is 0 Å². The van der Waals surface area contributed by atoms with Crippen molar-refractivity contribution in [1.82, 2.24) is 24.6 Å². The Hall–Kier alpha value is -3.91. The molecular weight excluding hydrogens is 610 g/mol. The molecule has 1 aromatic heterocycles. The van der Waals surface area contributed by atoms with Gasteiger partial charge in [0.1, 0.15) is 0 Å². The van der Waals surface area contributed by atoms with Crippen molar-refractivity contribution in [3.05, 3.63) is 40.4 Å². The van der Waals surface area contributed by atoms with Gasteiger partial charge in [0.15, 0.2) is 11.4 Å². The molecule has 46 heavy (non-hydrogen) atoms. The molecule has 2 aromatic rings. The van der Waals surface area contributed by atoms with Crippen LogP contribution in [0.2, 0.25) is 0 Å². The predicted octanol–water partition coefficient (Wildman–Crippen LogP) is 5.05. The zero-order valence-electron chi connectivity index (χ0n) is 28.4. The lowest BCUT2D eigenvalue weighted by Gasteiger charge is -2.48. The molecule has 1 aliphatic heterocycles. The Labute approximate surface area is 275 Å². The summed E-state index contributed by atoms with van der Waals surface area (Å²) in [5.74, 6) is -0.0739. The number of hydrogen-bond donors (Lipinski definition) is 4. The van der Waals surface area contributed by atoms with Crippen molar-refractivity contribution in [3.8, 4) is 0 Å². The molecule has 3 rings (SSSR count). The fourth-order valence-electron chi connectivity index (χ4n) is 5.59.